The molecule has 0 atom stereocenters. The van der Waals surface area contributed by atoms with Crippen molar-refractivity contribution in [1.29, 1.82) is 0 Å². The highest BCUT2D eigenvalue weighted by molar-refractivity contribution is 6.29. The fourth-order valence-corrected chi connectivity index (χ4v) is 1.40. The van der Waals surface area contributed by atoms with Crippen LogP contribution in [0.2, 0.25) is 5.15 Å². The fraction of sp³-hybridized carbons (Fsp3) is 0.143. The van der Waals surface area contributed by atoms with E-state index in [4.69, 9.17) is 11.6 Å². The number of hydrogen-bond acceptors (Lipinski definition) is 2. The van der Waals surface area contributed by atoms with Gasteiger partial charge in [0.2, 0.25) is 0 Å². The van der Waals surface area contributed by atoms with Crippen LogP contribution in [-0.2, 0) is 0 Å². The van der Waals surface area contributed by atoms with Gasteiger partial charge in [0.15, 0.2) is 22.4 Å². The Bertz CT molecular complexity index is 634. The van der Waals surface area contributed by atoms with Crippen LogP contribution in [0.15, 0.2) is 49.1 Å². The van der Waals surface area contributed by atoms with Crippen molar-refractivity contribution in [2.24, 2.45) is 0 Å². The molecule has 0 fully saturated rings. The first-order chi connectivity index (χ1) is 8.68. The molecule has 0 saturated heterocycles. The molecule has 0 amide bonds. The van der Waals surface area contributed by atoms with Crippen molar-refractivity contribution in [2.45, 2.75) is 14.9 Å². The zero-order valence-corrected chi connectivity index (χ0v) is 9.85. The van der Waals surface area contributed by atoms with Gasteiger partial charge in [-0.1, -0.05) is 26.5 Å². The molecule has 0 aromatic carbocycles. The van der Waals surface area contributed by atoms with Gasteiger partial charge in [-0.3, -0.25) is 0 Å². The molecule has 3 rings (SSSR count). The van der Waals surface area contributed by atoms with Crippen molar-refractivity contribution in [3.05, 3.63) is 65.8 Å². The number of rotatable bonds is 0. The Morgan fingerprint density at radius 1 is 0.900 bits per heavy atom. The van der Waals surface area contributed by atoms with Gasteiger partial charge in [-0.2, -0.15) is 0 Å². The average Bonchev–Trinajstić information content (AvgIpc) is 2.84. The molecule has 108 valence electrons. The largest absolute Gasteiger partial charge is 0.305 e. The second kappa shape index (κ2) is 8.22. The predicted octanol–water partition coefficient (Wildman–Crippen LogP) is 4.62. The van der Waals surface area contributed by atoms with E-state index in [-0.39, 0.29) is 25.8 Å². The molecule has 3 nitrogen and oxygen atoms in total. The van der Waals surface area contributed by atoms with Crippen molar-refractivity contribution in [3.8, 4) is 0 Å². The fourth-order valence-electron chi connectivity index (χ4n) is 1.28. The standard InChI is InChI=1S/C7H5FN2.C5H3ClFN.2CH4/c8-6-2-1-4-10-5-3-9-7(6)10;6-5-4(7)2-1-3-8-5;;/h1-5H;1-3H;2*1H4. The lowest BCUT2D eigenvalue weighted by Gasteiger charge is -1.90. The van der Waals surface area contributed by atoms with Crippen LogP contribution in [0, 0.1) is 11.6 Å². The molecule has 3 aromatic rings. The summed E-state index contributed by atoms with van der Waals surface area (Å²) in [5.74, 6) is -0.762. The van der Waals surface area contributed by atoms with E-state index in [0.717, 1.165) is 0 Å². The molecule has 0 radical (unpaired) electrons. The molecule has 0 aliphatic rings. The van der Waals surface area contributed by atoms with Crippen LogP contribution in [0.5, 0.6) is 0 Å². The summed E-state index contributed by atoms with van der Waals surface area (Å²) in [6.45, 7) is 0. The smallest absolute Gasteiger partial charge is 0.173 e. The van der Waals surface area contributed by atoms with Gasteiger partial charge in [-0.25, -0.2) is 18.7 Å². The lowest BCUT2D eigenvalue weighted by Crippen LogP contribution is -1.84. The van der Waals surface area contributed by atoms with Crippen LogP contribution in [0.4, 0.5) is 8.78 Å². The second-order valence-corrected chi connectivity index (χ2v) is 3.65. The summed E-state index contributed by atoms with van der Waals surface area (Å²) in [6.07, 6.45) is 6.47. The number of nitrogens with zero attached hydrogens (tertiary/aromatic N) is 3. The van der Waals surface area contributed by atoms with Gasteiger partial charge >= 0.3 is 0 Å². The van der Waals surface area contributed by atoms with Crippen LogP contribution in [0.1, 0.15) is 14.9 Å². The summed E-state index contributed by atoms with van der Waals surface area (Å²) in [6, 6.07) is 5.78. The Labute approximate surface area is 121 Å². The van der Waals surface area contributed by atoms with E-state index in [1.54, 1.807) is 29.1 Å². The van der Waals surface area contributed by atoms with E-state index in [9.17, 15) is 8.78 Å². The van der Waals surface area contributed by atoms with Gasteiger partial charge in [-0.05, 0) is 24.3 Å². The molecular formula is C14H16ClF2N3. The highest BCUT2D eigenvalue weighted by Crippen LogP contribution is 2.07. The zero-order chi connectivity index (χ0) is 13.0. The number of pyridine rings is 2. The molecule has 0 aliphatic heterocycles. The lowest BCUT2D eigenvalue weighted by atomic mass is 10.4. The van der Waals surface area contributed by atoms with Crippen molar-refractivity contribution in [2.75, 3.05) is 0 Å². The molecule has 3 aromatic heterocycles. The third-order valence-electron chi connectivity index (χ3n) is 2.09. The maximum atomic E-state index is 12.7. The Balaban J connectivity index is 0.000000336. The predicted molar refractivity (Wildman–Crippen MR) is 77.8 cm³/mol. The molecule has 3 heterocycles. The summed E-state index contributed by atoms with van der Waals surface area (Å²) in [7, 11) is 0. The Hall–Kier alpha value is -2.01. The van der Waals surface area contributed by atoms with Gasteiger partial charge in [-0.15, -0.1) is 0 Å². The summed E-state index contributed by atoms with van der Waals surface area (Å²) >= 11 is 5.22. The Kier molecular flexibility index (Phi) is 7.39. The summed E-state index contributed by atoms with van der Waals surface area (Å²) in [5, 5.41) is -0.0764. The molecular weight excluding hydrogens is 284 g/mol. The van der Waals surface area contributed by atoms with E-state index < -0.39 is 5.82 Å². The van der Waals surface area contributed by atoms with Crippen molar-refractivity contribution in [1.82, 2.24) is 14.4 Å². The van der Waals surface area contributed by atoms with Gasteiger partial charge in [0, 0.05) is 24.8 Å². The second-order valence-electron chi connectivity index (χ2n) is 3.29. The summed E-state index contributed by atoms with van der Waals surface area (Å²) in [5.41, 5.74) is 0.377. The monoisotopic (exact) mass is 299 g/mol. The number of aromatic nitrogens is 3. The highest BCUT2D eigenvalue weighted by atomic mass is 35.5. The first-order valence-electron chi connectivity index (χ1n) is 5.01. The van der Waals surface area contributed by atoms with Gasteiger partial charge in [0.1, 0.15) is 0 Å². The van der Waals surface area contributed by atoms with Gasteiger partial charge in [0.05, 0.1) is 0 Å². The molecule has 6 heteroatoms. The number of halogens is 3. The van der Waals surface area contributed by atoms with Crippen LogP contribution in [0.25, 0.3) is 5.65 Å². The zero-order valence-electron chi connectivity index (χ0n) is 9.09. The van der Waals surface area contributed by atoms with Crippen LogP contribution < -0.4 is 0 Å². The lowest BCUT2D eigenvalue weighted by molar-refractivity contribution is 0.622. The Morgan fingerprint density at radius 3 is 2.15 bits per heavy atom. The van der Waals surface area contributed by atoms with E-state index in [0.29, 0.717) is 5.65 Å². The van der Waals surface area contributed by atoms with Crippen LogP contribution in [-0.4, -0.2) is 14.4 Å². The van der Waals surface area contributed by atoms with Crippen molar-refractivity contribution < 1.29 is 8.78 Å². The molecule has 0 spiro atoms. The maximum Gasteiger partial charge on any atom is 0.173 e. The normalized spacial score (nSPS) is 8.95. The molecule has 0 saturated carbocycles. The number of imidazole rings is 1. The van der Waals surface area contributed by atoms with Crippen LogP contribution in [0.3, 0.4) is 0 Å². The minimum atomic E-state index is -0.478. The van der Waals surface area contributed by atoms with E-state index >= 15 is 0 Å². The third-order valence-corrected chi connectivity index (χ3v) is 2.36. The van der Waals surface area contributed by atoms with Gasteiger partial charge < -0.3 is 4.40 Å². The van der Waals surface area contributed by atoms with E-state index in [1.165, 1.54) is 24.4 Å². The maximum absolute atomic E-state index is 12.7. The number of hydrogen-bond donors (Lipinski definition) is 0. The highest BCUT2D eigenvalue weighted by Gasteiger charge is 1.97. The quantitative estimate of drug-likeness (QED) is 0.567. The third kappa shape index (κ3) is 4.28. The first-order valence-corrected chi connectivity index (χ1v) is 5.39. The Morgan fingerprint density at radius 2 is 1.60 bits per heavy atom. The first kappa shape index (κ1) is 18.0. The van der Waals surface area contributed by atoms with E-state index in [2.05, 4.69) is 9.97 Å². The van der Waals surface area contributed by atoms with Crippen molar-refractivity contribution >= 4 is 17.2 Å². The molecule has 0 aliphatic carbocycles. The summed E-state index contributed by atoms with van der Waals surface area (Å²) in [4.78, 5) is 7.28. The molecule has 20 heavy (non-hydrogen) atoms. The SMILES string of the molecule is C.C.Fc1cccn2ccnc12.Fc1cccnc1Cl. The van der Waals surface area contributed by atoms with Crippen LogP contribution >= 0.6 is 11.6 Å². The number of fused-ring (bicyclic) bond motifs is 1. The minimum absolute atomic E-state index is 0. The molecule has 0 N–H and O–H groups in total. The molecule has 0 unspecified atom stereocenters. The molecule has 0 bridgehead atoms. The topological polar surface area (TPSA) is 30.2 Å². The van der Waals surface area contributed by atoms with Gasteiger partial charge in [0.25, 0.3) is 0 Å². The van der Waals surface area contributed by atoms with Crippen molar-refractivity contribution in [3.63, 3.8) is 0 Å². The average molecular weight is 300 g/mol. The summed E-state index contributed by atoms with van der Waals surface area (Å²) < 4.78 is 26.5. The van der Waals surface area contributed by atoms with E-state index in [1.807, 2.05) is 0 Å². The minimum Gasteiger partial charge on any atom is -0.305 e.